The van der Waals surface area contributed by atoms with E-state index in [1.165, 1.54) is 6.07 Å². The van der Waals surface area contributed by atoms with E-state index in [4.69, 9.17) is 27.8 Å². The van der Waals surface area contributed by atoms with E-state index in [1.807, 2.05) is 0 Å². The molecule has 0 atom stereocenters. The number of carbonyl (C=O) groups is 2. The smallest absolute Gasteiger partial charge is 0.302 e. The van der Waals surface area contributed by atoms with Crippen LogP contribution in [0, 0.1) is 5.92 Å². The summed E-state index contributed by atoms with van der Waals surface area (Å²) in [6.07, 6.45) is 3.80. The number of carbonyl (C=O) groups excluding carboxylic acids is 2. The average molecular weight is 647 g/mol. The maximum absolute atomic E-state index is 13.5. The Morgan fingerprint density at radius 2 is 1.84 bits per heavy atom. The van der Waals surface area contributed by atoms with Crippen LogP contribution in [0.3, 0.4) is 0 Å². The zero-order valence-electron chi connectivity index (χ0n) is 24.9. The lowest BCUT2D eigenvalue weighted by Crippen LogP contribution is -2.53. The van der Waals surface area contributed by atoms with Crippen LogP contribution < -0.4 is 22.1 Å². The fraction of sp³-hybridized carbons (Fsp3) is 0.552. The first-order chi connectivity index (χ1) is 20.9. The van der Waals surface area contributed by atoms with E-state index in [0.29, 0.717) is 76.2 Å². The zero-order valence-corrected chi connectivity index (χ0v) is 26.5. The Balaban J connectivity index is 1.18. The van der Waals surface area contributed by atoms with Gasteiger partial charge < -0.3 is 31.7 Å². The second-order valence-electron chi connectivity index (χ2n) is 12.1. The lowest BCUT2D eigenvalue weighted by molar-refractivity contribution is 0.0143. The van der Waals surface area contributed by atoms with Crippen LogP contribution in [-0.2, 0) is 14.6 Å². The van der Waals surface area contributed by atoms with E-state index in [2.05, 4.69) is 39.4 Å². The largest absolute Gasteiger partial charge is 0.382 e. The molecule has 1 aromatic heterocycles. The van der Waals surface area contributed by atoms with Gasteiger partial charge in [-0.3, -0.25) is 9.59 Å². The quantitative estimate of drug-likeness (QED) is 0.345. The molecular formula is C29H39ClN8O5S. The minimum absolute atomic E-state index is 0.0792. The summed E-state index contributed by atoms with van der Waals surface area (Å²) >= 11 is 5.88. The molecule has 1 saturated carbocycles. The van der Waals surface area contributed by atoms with Crippen molar-refractivity contribution in [3.8, 4) is 0 Å². The Kier molecular flexibility index (Phi) is 9.33. The molecule has 2 amide bonds. The van der Waals surface area contributed by atoms with Crippen molar-refractivity contribution in [2.75, 3.05) is 37.7 Å². The highest BCUT2D eigenvalue weighted by Crippen LogP contribution is 2.31. The van der Waals surface area contributed by atoms with Gasteiger partial charge in [0.25, 0.3) is 5.91 Å². The van der Waals surface area contributed by atoms with Crippen molar-refractivity contribution in [2.45, 2.75) is 74.2 Å². The van der Waals surface area contributed by atoms with E-state index in [9.17, 15) is 18.0 Å². The highest BCUT2D eigenvalue weighted by Gasteiger charge is 2.41. The number of rotatable bonds is 7. The molecule has 1 spiro atoms. The lowest BCUT2D eigenvalue weighted by Gasteiger charge is -2.38. The van der Waals surface area contributed by atoms with Gasteiger partial charge in [-0.15, -0.1) is 0 Å². The summed E-state index contributed by atoms with van der Waals surface area (Å²) in [6, 6.07) is 6.38. The van der Waals surface area contributed by atoms with Crippen molar-refractivity contribution < 1.29 is 22.7 Å². The Labute approximate surface area is 262 Å². The monoisotopic (exact) mass is 646 g/mol. The topological polar surface area (TPSA) is 195 Å². The van der Waals surface area contributed by atoms with Crippen molar-refractivity contribution in [3.63, 3.8) is 0 Å². The molecule has 1 aliphatic carbocycles. The van der Waals surface area contributed by atoms with E-state index in [0.717, 1.165) is 0 Å². The number of hydrogen-bond donors (Lipinski definition) is 4. The van der Waals surface area contributed by atoms with Crippen LogP contribution in [0.2, 0.25) is 5.15 Å². The first kappa shape index (κ1) is 31.9. The summed E-state index contributed by atoms with van der Waals surface area (Å²) in [5, 5.41) is 5.76. The number of likely N-dealkylation sites (tertiary alicyclic amines) is 1. The number of benzene rings is 1. The predicted molar refractivity (Wildman–Crippen MR) is 167 cm³/mol. The fourth-order valence-corrected chi connectivity index (χ4v) is 7.84. The number of guanidine groups is 1. The molecular weight excluding hydrogens is 608 g/mol. The number of aromatic nitrogens is 2. The average Bonchev–Trinajstić information content (AvgIpc) is 3.39. The van der Waals surface area contributed by atoms with Crippen molar-refractivity contribution in [1.29, 1.82) is 0 Å². The number of nitrogen functional groups attached to an aromatic ring is 2. The van der Waals surface area contributed by atoms with Crippen LogP contribution in [0.15, 0.2) is 34.2 Å². The van der Waals surface area contributed by atoms with E-state index < -0.39 is 26.5 Å². The molecule has 2 aliphatic heterocycles. The molecule has 0 radical (unpaired) electrons. The summed E-state index contributed by atoms with van der Waals surface area (Å²) < 4.78 is 32.9. The number of anilines is 2. The second kappa shape index (κ2) is 12.9. The number of aliphatic imine (C=N–C) groups is 1. The van der Waals surface area contributed by atoms with Gasteiger partial charge in [-0.05, 0) is 62.6 Å². The molecule has 13 nitrogen and oxygen atoms in total. The van der Waals surface area contributed by atoms with Crippen LogP contribution in [0.5, 0.6) is 0 Å². The number of piperidine rings is 1. The Morgan fingerprint density at radius 3 is 2.52 bits per heavy atom. The number of sulfone groups is 1. The molecule has 2 saturated heterocycles. The number of nitrogens with two attached hydrogens (primary N) is 2. The van der Waals surface area contributed by atoms with Gasteiger partial charge >= 0.3 is 5.91 Å². The van der Waals surface area contributed by atoms with Crippen LogP contribution in [0.25, 0.3) is 0 Å². The van der Waals surface area contributed by atoms with Crippen molar-refractivity contribution in [2.24, 2.45) is 10.9 Å². The van der Waals surface area contributed by atoms with Crippen LogP contribution in [0.1, 0.15) is 73.2 Å². The molecule has 5 rings (SSSR count). The summed E-state index contributed by atoms with van der Waals surface area (Å²) in [5.74, 6) is -0.484. The summed E-state index contributed by atoms with van der Waals surface area (Å²) in [4.78, 5) is 39.8. The van der Waals surface area contributed by atoms with Gasteiger partial charge in [-0.2, -0.15) is 4.99 Å². The van der Waals surface area contributed by atoms with Gasteiger partial charge in [0.15, 0.2) is 38.3 Å². The number of nitrogens with zero attached hydrogens (tertiary/aromatic N) is 4. The highest BCUT2D eigenvalue weighted by atomic mass is 35.5. The third-order valence-electron chi connectivity index (χ3n) is 8.44. The summed E-state index contributed by atoms with van der Waals surface area (Å²) in [5.41, 5.74) is 11.1. The van der Waals surface area contributed by atoms with Gasteiger partial charge in [-0.25, -0.2) is 18.4 Å². The third kappa shape index (κ3) is 6.92. The molecule has 0 unspecified atom stereocenters. The predicted octanol–water partition coefficient (Wildman–Crippen LogP) is 2.42. The van der Waals surface area contributed by atoms with Crippen LogP contribution in [-0.4, -0.2) is 84.2 Å². The SMILES string of the molecule is CC(C)COC1CCC(S(=O)(=O)c2cccc(C(=O)N3CCC4(CC3)CN/C(=N\C(=O)c3nc(Cl)c(N)nc3N)N4)c2)CC1. The van der Waals surface area contributed by atoms with Gasteiger partial charge in [0.1, 0.15) is 0 Å². The van der Waals surface area contributed by atoms with Gasteiger partial charge in [0.2, 0.25) is 0 Å². The summed E-state index contributed by atoms with van der Waals surface area (Å²) in [6.45, 7) is 6.26. The van der Waals surface area contributed by atoms with Crippen molar-refractivity contribution in [1.82, 2.24) is 25.5 Å². The first-order valence-corrected chi connectivity index (χ1v) is 16.8. The first-order valence-electron chi connectivity index (χ1n) is 14.9. The molecule has 15 heteroatoms. The maximum Gasteiger partial charge on any atom is 0.302 e. The normalized spacial score (nSPS) is 22.6. The van der Waals surface area contributed by atoms with Gasteiger partial charge in [-0.1, -0.05) is 31.5 Å². The van der Waals surface area contributed by atoms with Crippen molar-refractivity contribution >= 4 is 50.8 Å². The minimum Gasteiger partial charge on any atom is -0.382 e. The Morgan fingerprint density at radius 1 is 1.14 bits per heavy atom. The molecule has 3 fully saturated rings. The molecule has 3 heterocycles. The molecule has 238 valence electrons. The number of nitrogens with one attached hydrogen (secondary N) is 2. The number of ether oxygens (including phenoxy) is 1. The molecule has 1 aromatic carbocycles. The number of amides is 2. The number of hydrogen-bond acceptors (Lipinski definition) is 9. The van der Waals surface area contributed by atoms with E-state index in [1.54, 1.807) is 23.1 Å². The molecule has 0 bridgehead atoms. The van der Waals surface area contributed by atoms with E-state index in [-0.39, 0.29) is 45.3 Å². The fourth-order valence-electron chi connectivity index (χ4n) is 5.87. The third-order valence-corrected chi connectivity index (χ3v) is 11.0. The minimum atomic E-state index is -3.58. The Bertz CT molecular complexity index is 1550. The molecule has 3 aliphatic rings. The van der Waals surface area contributed by atoms with Crippen LogP contribution in [0.4, 0.5) is 11.6 Å². The van der Waals surface area contributed by atoms with Crippen molar-refractivity contribution in [3.05, 3.63) is 40.7 Å². The highest BCUT2D eigenvalue weighted by molar-refractivity contribution is 7.92. The standard InChI is InChI=1S/C29H39ClN8O5S/c1-17(2)15-43-19-6-8-20(9-7-19)44(41,42)21-5-3-4-18(14-21)27(40)38-12-10-29(11-13-38)16-33-28(37-29)36-26(39)22-24(31)35-25(32)23(30)34-22/h3-5,14,17,19-20H,6-13,15-16H2,1-2H3,(H4,31,32,35)(H2,33,36,37,39). The van der Waals surface area contributed by atoms with Gasteiger partial charge in [0.05, 0.1) is 21.8 Å². The second-order valence-corrected chi connectivity index (χ2v) is 14.7. The molecule has 2 aromatic rings. The summed E-state index contributed by atoms with van der Waals surface area (Å²) in [7, 11) is -3.58. The maximum atomic E-state index is 13.5. The molecule has 6 N–H and O–H groups in total. The van der Waals surface area contributed by atoms with Crippen LogP contribution >= 0.6 is 11.6 Å². The zero-order chi connectivity index (χ0) is 31.6. The van der Waals surface area contributed by atoms with E-state index >= 15 is 0 Å². The number of halogens is 1. The van der Waals surface area contributed by atoms with Gasteiger partial charge in [0, 0.05) is 31.8 Å². The Hall–Kier alpha value is -3.49. The lowest BCUT2D eigenvalue weighted by atomic mass is 9.88. The molecule has 44 heavy (non-hydrogen) atoms.